The van der Waals surface area contributed by atoms with E-state index in [1.807, 2.05) is 11.3 Å². The molecule has 1 nitrogen and oxygen atoms in total. The highest BCUT2D eigenvalue weighted by atomic mass is 32.1. The minimum atomic E-state index is 1.27. The number of nitrogens with zero attached hydrogens (tertiary/aromatic N) is 1. The third-order valence-corrected chi connectivity index (χ3v) is 4.57. The van der Waals surface area contributed by atoms with E-state index in [9.17, 15) is 0 Å². The first-order valence-electron chi connectivity index (χ1n) is 6.39. The summed E-state index contributed by atoms with van der Waals surface area (Å²) >= 11 is 1.82. The number of fused-ring (bicyclic) bond motifs is 3. The Hall–Kier alpha value is -2.06. The molecule has 19 heavy (non-hydrogen) atoms. The fourth-order valence-corrected chi connectivity index (χ4v) is 3.66. The molecule has 4 rings (SSSR count). The summed E-state index contributed by atoms with van der Waals surface area (Å²) in [6, 6.07) is 19.4. The summed E-state index contributed by atoms with van der Waals surface area (Å²) < 4.78 is 3.75. The van der Waals surface area contributed by atoms with Crippen molar-refractivity contribution in [3.63, 3.8) is 0 Å². The summed E-state index contributed by atoms with van der Waals surface area (Å²) in [6.07, 6.45) is 0. The second-order valence-electron chi connectivity index (χ2n) is 4.77. The number of aryl methyl sites for hydroxylation is 1. The molecule has 0 radical (unpaired) electrons. The van der Waals surface area contributed by atoms with Gasteiger partial charge in [0, 0.05) is 11.1 Å². The first-order valence-corrected chi connectivity index (χ1v) is 7.27. The molecule has 2 heteroatoms. The summed E-state index contributed by atoms with van der Waals surface area (Å²) in [5.41, 5.74) is 5.17. The Bertz CT molecular complexity index is 882. The van der Waals surface area contributed by atoms with E-state index >= 15 is 0 Å². The molecule has 2 aromatic heterocycles. The van der Waals surface area contributed by atoms with E-state index in [0.29, 0.717) is 0 Å². The molecule has 4 aromatic rings. The number of rotatable bonds is 1. The highest BCUT2D eigenvalue weighted by Gasteiger charge is 2.13. The van der Waals surface area contributed by atoms with Gasteiger partial charge in [0.15, 0.2) is 0 Å². The van der Waals surface area contributed by atoms with Gasteiger partial charge in [-0.2, -0.15) is 0 Å². The number of thiophene rings is 1. The van der Waals surface area contributed by atoms with Crippen LogP contribution < -0.4 is 0 Å². The van der Waals surface area contributed by atoms with E-state index in [4.69, 9.17) is 0 Å². The molecule has 0 saturated heterocycles. The van der Waals surface area contributed by atoms with Gasteiger partial charge in [0.1, 0.15) is 0 Å². The quantitative estimate of drug-likeness (QED) is 0.447. The zero-order chi connectivity index (χ0) is 12.8. The maximum atomic E-state index is 2.37. The molecule has 92 valence electrons. The van der Waals surface area contributed by atoms with E-state index in [0.717, 1.165) is 0 Å². The number of hydrogen-bond acceptors (Lipinski definition) is 1. The summed E-state index contributed by atoms with van der Waals surface area (Å²) in [5.74, 6) is 0. The Morgan fingerprint density at radius 1 is 0.842 bits per heavy atom. The van der Waals surface area contributed by atoms with Gasteiger partial charge in [0.2, 0.25) is 0 Å². The fourth-order valence-electron chi connectivity index (χ4n) is 2.74. The maximum Gasteiger partial charge on any atom is 0.0649 e. The molecule has 0 spiro atoms. The summed E-state index contributed by atoms with van der Waals surface area (Å²) in [5, 5.41) is 3.52. The molecule has 0 N–H and O–H groups in total. The first kappa shape index (κ1) is 10.8. The van der Waals surface area contributed by atoms with Crippen LogP contribution in [0.5, 0.6) is 0 Å². The predicted molar refractivity (Wildman–Crippen MR) is 83.4 cm³/mol. The maximum absolute atomic E-state index is 2.37. The molecular formula is C17H13NS. The van der Waals surface area contributed by atoms with Gasteiger partial charge in [-0.15, -0.1) is 11.3 Å². The Labute approximate surface area is 115 Å². The largest absolute Gasteiger partial charge is 0.308 e. The van der Waals surface area contributed by atoms with Crippen LogP contribution in [0.4, 0.5) is 0 Å². The van der Waals surface area contributed by atoms with E-state index in [1.165, 1.54) is 32.4 Å². The molecule has 0 atom stereocenters. The Balaban J connectivity index is 2.23. The fraction of sp³-hybridized carbons (Fsp3) is 0.0588. The van der Waals surface area contributed by atoms with Gasteiger partial charge in [-0.3, -0.25) is 0 Å². The van der Waals surface area contributed by atoms with Crippen molar-refractivity contribution in [1.82, 2.24) is 4.57 Å². The lowest BCUT2D eigenvalue weighted by Crippen LogP contribution is -1.95. The highest BCUT2D eigenvalue weighted by Crippen LogP contribution is 2.35. The van der Waals surface area contributed by atoms with Crippen molar-refractivity contribution < 1.29 is 0 Å². The molecule has 0 saturated carbocycles. The van der Waals surface area contributed by atoms with Gasteiger partial charge in [-0.05, 0) is 36.1 Å². The van der Waals surface area contributed by atoms with Crippen molar-refractivity contribution in [2.75, 3.05) is 0 Å². The average Bonchev–Trinajstić information content (AvgIpc) is 3.00. The minimum absolute atomic E-state index is 1.27. The topological polar surface area (TPSA) is 4.93 Å². The van der Waals surface area contributed by atoms with Gasteiger partial charge in [-0.25, -0.2) is 0 Å². The minimum Gasteiger partial charge on any atom is -0.308 e. The molecule has 0 amide bonds. The van der Waals surface area contributed by atoms with Crippen LogP contribution in [-0.4, -0.2) is 4.57 Å². The van der Waals surface area contributed by atoms with Crippen LogP contribution in [0, 0.1) is 6.92 Å². The Kier molecular flexibility index (Phi) is 2.26. The Morgan fingerprint density at radius 3 is 2.53 bits per heavy atom. The molecule has 0 aliphatic carbocycles. The average molecular weight is 263 g/mol. The van der Waals surface area contributed by atoms with E-state index < -0.39 is 0 Å². The molecule has 0 bridgehead atoms. The van der Waals surface area contributed by atoms with Crippen LogP contribution in [0.25, 0.3) is 26.8 Å². The van der Waals surface area contributed by atoms with Crippen molar-refractivity contribution in [2.45, 2.75) is 6.92 Å². The normalized spacial score (nSPS) is 11.4. The SMILES string of the molecule is Cc1ccccc1-n1c2ccccc2c2sccc21. The molecule has 0 unspecified atom stereocenters. The first-order chi connectivity index (χ1) is 9.36. The van der Waals surface area contributed by atoms with Gasteiger partial charge < -0.3 is 4.57 Å². The number of aromatic nitrogens is 1. The standard InChI is InChI=1S/C17H13NS/c1-12-6-2-4-8-14(12)18-15-9-5-3-7-13(15)17-16(18)10-11-19-17/h2-11H,1H3. The lowest BCUT2D eigenvalue weighted by atomic mass is 10.2. The van der Waals surface area contributed by atoms with Crippen LogP contribution in [0.15, 0.2) is 60.0 Å². The van der Waals surface area contributed by atoms with Crippen LogP contribution >= 0.6 is 11.3 Å². The van der Waals surface area contributed by atoms with Crippen molar-refractivity contribution in [3.8, 4) is 5.69 Å². The van der Waals surface area contributed by atoms with Gasteiger partial charge >= 0.3 is 0 Å². The second-order valence-corrected chi connectivity index (χ2v) is 5.69. The predicted octanol–water partition coefficient (Wildman–Crippen LogP) is 5.15. The van der Waals surface area contributed by atoms with Crippen molar-refractivity contribution in [3.05, 3.63) is 65.5 Å². The molecule has 0 fully saturated rings. The number of hydrogen-bond donors (Lipinski definition) is 0. The van der Waals surface area contributed by atoms with Crippen molar-refractivity contribution in [2.24, 2.45) is 0 Å². The summed E-state index contributed by atoms with van der Waals surface area (Å²) in [6.45, 7) is 2.17. The highest BCUT2D eigenvalue weighted by molar-refractivity contribution is 7.18. The lowest BCUT2D eigenvalue weighted by molar-refractivity contribution is 1.15. The Morgan fingerprint density at radius 2 is 1.63 bits per heavy atom. The molecule has 0 aliphatic heterocycles. The van der Waals surface area contributed by atoms with Gasteiger partial charge in [0.25, 0.3) is 0 Å². The lowest BCUT2D eigenvalue weighted by Gasteiger charge is -2.09. The second kappa shape index (κ2) is 3.97. The third kappa shape index (κ3) is 1.47. The van der Waals surface area contributed by atoms with Crippen LogP contribution in [0.1, 0.15) is 5.56 Å². The smallest absolute Gasteiger partial charge is 0.0649 e. The van der Waals surface area contributed by atoms with Gasteiger partial charge in [-0.1, -0.05) is 36.4 Å². The van der Waals surface area contributed by atoms with E-state index in [2.05, 4.69) is 71.5 Å². The van der Waals surface area contributed by atoms with Crippen LogP contribution in [-0.2, 0) is 0 Å². The third-order valence-electron chi connectivity index (χ3n) is 3.63. The monoisotopic (exact) mass is 263 g/mol. The molecule has 2 aromatic carbocycles. The van der Waals surface area contributed by atoms with Gasteiger partial charge in [0.05, 0.1) is 15.7 Å². The number of para-hydroxylation sites is 2. The molecular weight excluding hydrogens is 250 g/mol. The number of benzene rings is 2. The van der Waals surface area contributed by atoms with E-state index in [-0.39, 0.29) is 0 Å². The van der Waals surface area contributed by atoms with E-state index in [1.54, 1.807) is 0 Å². The molecule has 2 heterocycles. The van der Waals surface area contributed by atoms with Crippen LogP contribution in [0.2, 0.25) is 0 Å². The molecule has 0 aliphatic rings. The zero-order valence-electron chi connectivity index (χ0n) is 10.6. The summed E-state index contributed by atoms with van der Waals surface area (Å²) in [4.78, 5) is 0. The summed E-state index contributed by atoms with van der Waals surface area (Å²) in [7, 11) is 0. The van der Waals surface area contributed by atoms with Crippen LogP contribution in [0.3, 0.4) is 0 Å². The zero-order valence-corrected chi connectivity index (χ0v) is 11.4. The van der Waals surface area contributed by atoms with Crippen molar-refractivity contribution in [1.29, 1.82) is 0 Å². The van der Waals surface area contributed by atoms with Crippen molar-refractivity contribution >= 4 is 32.5 Å².